The number of benzene rings is 1. The van der Waals surface area contributed by atoms with Crippen LogP contribution in [0.2, 0.25) is 0 Å². The molecule has 1 aromatic heterocycles. The third-order valence-electron chi connectivity index (χ3n) is 3.66. The van der Waals surface area contributed by atoms with E-state index in [4.69, 9.17) is 15.2 Å². The lowest BCUT2D eigenvalue weighted by atomic mass is 9.96. The van der Waals surface area contributed by atoms with Crippen molar-refractivity contribution in [3.63, 3.8) is 0 Å². The number of hydrogen-bond donors (Lipinski definition) is 3. The summed E-state index contributed by atoms with van der Waals surface area (Å²) < 4.78 is 11.0. The van der Waals surface area contributed by atoms with E-state index in [9.17, 15) is 4.79 Å². The quantitative estimate of drug-likeness (QED) is 0.662. The highest BCUT2D eigenvalue weighted by molar-refractivity contribution is 7.99. The van der Waals surface area contributed by atoms with Gasteiger partial charge in [-0.2, -0.15) is 4.98 Å². The fraction of sp³-hybridized carbons (Fsp3) is 0.400. The first kappa shape index (κ1) is 16.4. The summed E-state index contributed by atoms with van der Waals surface area (Å²) in [5.41, 5.74) is 6.56. The number of fused-ring (bicyclic) bond motifs is 1. The first-order chi connectivity index (χ1) is 11.6. The van der Waals surface area contributed by atoms with E-state index in [1.807, 2.05) is 18.2 Å². The average Bonchev–Trinajstić information content (AvgIpc) is 3.02. The minimum absolute atomic E-state index is 0.0658. The molecule has 1 aromatic carbocycles. The van der Waals surface area contributed by atoms with Crippen molar-refractivity contribution in [2.75, 3.05) is 31.7 Å². The number of anilines is 1. The number of nitrogens with zero attached hydrogens (tertiary/aromatic N) is 2. The van der Waals surface area contributed by atoms with E-state index in [-0.39, 0.29) is 23.5 Å². The molecule has 0 bridgehead atoms. The van der Waals surface area contributed by atoms with Crippen molar-refractivity contribution in [3.05, 3.63) is 23.8 Å². The molecule has 1 amide bonds. The fourth-order valence-electron chi connectivity index (χ4n) is 2.44. The van der Waals surface area contributed by atoms with Crippen LogP contribution in [0, 0.1) is 5.92 Å². The Kier molecular flexibility index (Phi) is 5.09. The Morgan fingerprint density at radius 1 is 1.58 bits per heavy atom. The van der Waals surface area contributed by atoms with Crippen LogP contribution in [0.3, 0.4) is 0 Å². The number of aromatic nitrogens is 3. The molecule has 1 aliphatic rings. The third-order valence-corrected chi connectivity index (χ3v) is 4.51. The molecule has 0 aliphatic carbocycles. The third kappa shape index (κ3) is 4.10. The Hall–Kier alpha value is -2.42. The maximum Gasteiger partial charge on any atom is 0.230 e. The summed E-state index contributed by atoms with van der Waals surface area (Å²) in [6, 6.07) is 5.82. The van der Waals surface area contributed by atoms with E-state index in [1.54, 1.807) is 7.11 Å². The molecule has 0 fully saturated rings. The van der Waals surface area contributed by atoms with Crippen LogP contribution in [-0.2, 0) is 11.2 Å². The molecule has 3 rings (SSSR count). The normalized spacial score (nSPS) is 16.1. The summed E-state index contributed by atoms with van der Waals surface area (Å²) in [7, 11) is 1.63. The first-order valence-corrected chi connectivity index (χ1v) is 8.49. The molecule has 2 aromatic rings. The van der Waals surface area contributed by atoms with Gasteiger partial charge in [0.2, 0.25) is 17.0 Å². The van der Waals surface area contributed by atoms with Crippen LogP contribution in [0.1, 0.15) is 5.56 Å². The number of methoxy groups -OCH3 is 1. The SMILES string of the molecule is COc1ccc2c(c1)OC[C@H](CNC(=O)CSc1n[nH]c(N)n1)C2. The van der Waals surface area contributed by atoms with Gasteiger partial charge in [0.25, 0.3) is 0 Å². The zero-order valence-corrected chi connectivity index (χ0v) is 14.1. The number of amides is 1. The van der Waals surface area contributed by atoms with Crippen LogP contribution in [0.4, 0.5) is 5.95 Å². The molecule has 0 spiro atoms. The van der Waals surface area contributed by atoms with Crippen LogP contribution >= 0.6 is 11.8 Å². The number of thioether (sulfide) groups is 1. The molecule has 24 heavy (non-hydrogen) atoms. The van der Waals surface area contributed by atoms with Gasteiger partial charge in [0.1, 0.15) is 11.5 Å². The molecule has 0 saturated heterocycles. The Bertz CT molecular complexity index is 721. The van der Waals surface area contributed by atoms with Crippen molar-refractivity contribution in [1.29, 1.82) is 0 Å². The predicted octanol–water partition coefficient (Wildman–Crippen LogP) is 0.855. The van der Waals surface area contributed by atoms with E-state index < -0.39 is 0 Å². The predicted molar refractivity (Wildman–Crippen MR) is 90.2 cm³/mol. The van der Waals surface area contributed by atoms with Gasteiger partial charge >= 0.3 is 0 Å². The number of rotatable bonds is 6. The van der Waals surface area contributed by atoms with Gasteiger partial charge in [-0.3, -0.25) is 4.79 Å². The van der Waals surface area contributed by atoms with E-state index in [2.05, 4.69) is 20.5 Å². The minimum atomic E-state index is -0.0658. The molecule has 9 heteroatoms. The Labute approximate surface area is 143 Å². The van der Waals surface area contributed by atoms with Crippen molar-refractivity contribution < 1.29 is 14.3 Å². The second kappa shape index (κ2) is 7.43. The highest BCUT2D eigenvalue weighted by atomic mass is 32.2. The van der Waals surface area contributed by atoms with Gasteiger partial charge in [-0.05, 0) is 18.1 Å². The maximum absolute atomic E-state index is 11.9. The molecular weight excluding hydrogens is 330 g/mol. The van der Waals surface area contributed by atoms with Crippen molar-refractivity contribution in [2.45, 2.75) is 11.6 Å². The van der Waals surface area contributed by atoms with Crippen LogP contribution in [0.5, 0.6) is 11.5 Å². The number of nitrogens with one attached hydrogen (secondary N) is 2. The molecule has 0 unspecified atom stereocenters. The lowest BCUT2D eigenvalue weighted by Gasteiger charge is -2.25. The average molecular weight is 349 g/mol. The highest BCUT2D eigenvalue weighted by Gasteiger charge is 2.21. The smallest absolute Gasteiger partial charge is 0.230 e. The summed E-state index contributed by atoms with van der Waals surface area (Å²) >= 11 is 1.24. The largest absolute Gasteiger partial charge is 0.497 e. The van der Waals surface area contributed by atoms with Crippen molar-refractivity contribution in [1.82, 2.24) is 20.5 Å². The van der Waals surface area contributed by atoms with Gasteiger partial charge in [0.05, 0.1) is 19.5 Å². The van der Waals surface area contributed by atoms with Crippen molar-refractivity contribution in [2.24, 2.45) is 5.92 Å². The van der Waals surface area contributed by atoms with Crippen molar-refractivity contribution in [3.8, 4) is 11.5 Å². The lowest BCUT2D eigenvalue weighted by Crippen LogP contribution is -2.35. The number of carbonyl (C=O) groups is 1. The second-order valence-corrected chi connectivity index (χ2v) is 6.39. The van der Waals surface area contributed by atoms with Gasteiger partial charge < -0.3 is 20.5 Å². The summed E-state index contributed by atoms with van der Waals surface area (Å²) in [4.78, 5) is 15.8. The van der Waals surface area contributed by atoms with Gasteiger partial charge in [-0.25, -0.2) is 5.10 Å². The van der Waals surface area contributed by atoms with E-state index >= 15 is 0 Å². The van der Waals surface area contributed by atoms with Gasteiger partial charge in [-0.1, -0.05) is 17.8 Å². The summed E-state index contributed by atoms with van der Waals surface area (Å²) in [6.07, 6.45) is 0.865. The summed E-state index contributed by atoms with van der Waals surface area (Å²) in [5.74, 6) is 2.31. The molecule has 0 saturated carbocycles. The van der Waals surface area contributed by atoms with Crippen LogP contribution in [0.25, 0.3) is 0 Å². The summed E-state index contributed by atoms with van der Waals surface area (Å²) in [6.45, 7) is 1.14. The van der Waals surface area contributed by atoms with Gasteiger partial charge in [0.15, 0.2) is 0 Å². The van der Waals surface area contributed by atoms with Crippen LogP contribution in [-0.4, -0.2) is 47.1 Å². The monoisotopic (exact) mass is 349 g/mol. The number of ether oxygens (including phenoxy) is 2. The van der Waals surface area contributed by atoms with Crippen LogP contribution in [0.15, 0.2) is 23.4 Å². The van der Waals surface area contributed by atoms with E-state index in [1.165, 1.54) is 11.8 Å². The first-order valence-electron chi connectivity index (χ1n) is 7.51. The molecule has 8 nitrogen and oxygen atoms in total. The van der Waals surface area contributed by atoms with E-state index in [0.717, 1.165) is 23.5 Å². The molecule has 4 N–H and O–H groups in total. The van der Waals surface area contributed by atoms with Crippen molar-refractivity contribution >= 4 is 23.6 Å². The maximum atomic E-state index is 11.9. The van der Waals surface area contributed by atoms with Gasteiger partial charge in [0, 0.05) is 18.5 Å². The molecule has 1 atom stereocenters. The topological polar surface area (TPSA) is 115 Å². The van der Waals surface area contributed by atoms with Gasteiger partial charge in [-0.15, -0.1) is 5.10 Å². The number of carbonyl (C=O) groups excluding carboxylic acids is 1. The number of aromatic amines is 1. The zero-order chi connectivity index (χ0) is 16.9. The Morgan fingerprint density at radius 3 is 3.21 bits per heavy atom. The molecule has 0 radical (unpaired) electrons. The fourth-order valence-corrected chi connectivity index (χ4v) is 3.07. The number of nitrogen functional groups attached to an aromatic ring is 1. The molecule has 1 aliphatic heterocycles. The Morgan fingerprint density at radius 2 is 2.46 bits per heavy atom. The molecule has 128 valence electrons. The number of hydrogen-bond acceptors (Lipinski definition) is 7. The zero-order valence-electron chi connectivity index (χ0n) is 13.2. The Balaban J connectivity index is 1.44. The standard InChI is InChI=1S/C15H19N5O3S/c1-22-11-3-2-10-4-9(7-23-12(10)5-11)6-17-13(21)8-24-15-18-14(16)19-20-15/h2-3,5,9H,4,6-8H2,1H3,(H,17,21)(H3,16,18,19,20)/t9-/m0/s1. The minimum Gasteiger partial charge on any atom is -0.497 e. The molecular formula is C15H19N5O3S. The van der Waals surface area contributed by atoms with Crippen LogP contribution < -0.4 is 20.5 Å². The van der Waals surface area contributed by atoms with E-state index in [0.29, 0.717) is 18.3 Å². The highest BCUT2D eigenvalue weighted by Crippen LogP contribution is 2.30. The number of nitrogens with two attached hydrogens (primary N) is 1. The lowest BCUT2D eigenvalue weighted by molar-refractivity contribution is -0.118. The molecule has 2 heterocycles. The second-order valence-electron chi connectivity index (χ2n) is 5.45. The number of H-pyrrole nitrogens is 1. The summed E-state index contributed by atoms with van der Waals surface area (Å²) in [5, 5.41) is 9.79.